The van der Waals surface area contributed by atoms with Gasteiger partial charge in [0.2, 0.25) is 0 Å². The molecule has 0 radical (unpaired) electrons. The Kier molecular flexibility index (Phi) is 3.78. The highest BCUT2D eigenvalue weighted by Gasteiger charge is 2.28. The molecule has 0 saturated carbocycles. The molecular weight excluding hydrogens is 246 g/mol. The molecule has 2 amide bonds. The molecule has 1 aromatic rings. The molecule has 6 nitrogen and oxygen atoms in total. The average Bonchev–Trinajstić information content (AvgIpc) is 2.95. The number of primary amides is 1. The van der Waals surface area contributed by atoms with Crippen LogP contribution in [0.4, 0.5) is 4.79 Å². The van der Waals surface area contributed by atoms with Gasteiger partial charge in [0.25, 0.3) is 0 Å². The zero-order valence-corrected chi connectivity index (χ0v) is 11.3. The van der Waals surface area contributed by atoms with E-state index in [4.69, 9.17) is 10.5 Å². The minimum Gasteiger partial charge on any atom is -0.459 e. The van der Waals surface area contributed by atoms with Gasteiger partial charge >= 0.3 is 12.0 Å². The van der Waals surface area contributed by atoms with Crippen molar-refractivity contribution in [2.75, 3.05) is 13.2 Å². The van der Waals surface area contributed by atoms with Crippen LogP contribution < -0.4 is 5.73 Å². The van der Waals surface area contributed by atoms with Crippen LogP contribution in [-0.2, 0) is 11.8 Å². The first-order chi connectivity index (χ1) is 9.00. The molecule has 0 spiro atoms. The summed E-state index contributed by atoms with van der Waals surface area (Å²) in [5, 5.41) is 0. The maximum Gasteiger partial charge on any atom is 0.355 e. The number of carbonyl (C=O) groups is 2. The predicted molar refractivity (Wildman–Crippen MR) is 69.7 cm³/mol. The van der Waals surface area contributed by atoms with Crippen molar-refractivity contribution >= 4 is 12.0 Å². The van der Waals surface area contributed by atoms with E-state index in [1.54, 1.807) is 15.5 Å². The van der Waals surface area contributed by atoms with Gasteiger partial charge in [0.1, 0.15) is 12.3 Å². The minimum atomic E-state index is -0.451. The van der Waals surface area contributed by atoms with E-state index in [0.717, 1.165) is 18.5 Å². The summed E-state index contributed by atoms with van der Waals surface area (Å²) < 4.78 is 7.06. The second kappa shape index (κ2) is 5.34. The molecule has 1 atom stereocenters. The lowest BCUT2D eigenvalue weighted by molar-refractivity contribution is 0.0411. The largest absolute Gasteiger partial charge is 0.459 e. The maximum absolute atomic E-state index is 11.9. The third-order valence-electron chi connectivity index (χ3n) is 3.65. The standard InChI is InChI=1S/C13H19N3O3/c1-9-5-6-11(15(9)2)12(17)19-8-10-4-3-7-16(10)13(14)18/h5-6,10H,3-4,7-8H2,1-2H3,(H2,14,18)/t10-/m1/s1. The highest BCUT2D eigenvalue weighted by atomic mass is 16.5. The van der Waals surface area contributed by atoms with Gasteiger partial charge in [-0.1, -0.05) is 0 Å². The van der Waals surface area contributed by atoms with Crippen molar-refractivity contribution in [1.82, 2.24) is 9.47 Å². The Hall–Kier alpha value is -1.98. The number of likely N-dealkylation sites (tertiary alicyclic amines) is 1. The van der Waals surface area contributed by atoms with Gasteiger partial charge in [-0.05, 0) is 31.9 Å². The lowest BCUT2D eigenvalue weighted by atomic mass is 10.2. The topological polar surface area (TPSA) is 77.6 Å². The molecule has 104 valence electrons. The Morgan fingerprint density at radius 3 is 2.79 bits per heavy atom. The second-order valence-corrected chi connectivity index (χ2v) is 4.85. The molecule has 0 bridgehead atoms. The van der Waals surface area contributed by atoms with Gasteiger partial charge < -0.3 is 19.9 Å². The quantitative estimate of drug-likeness (QED) is 0.829. The van der Waals surface area contributed by atoms with Crippen molar-refractivity contribution in [2.45, 2.75) is 25.8 Å². The summed E-state index contributed by atoms with van der Waals surface area (Å²) in [5.41, 5.74) is 6.78. The summed E-state index contributed by atoms with van der Waals surface area (Å²) in [4.78, 5) is 24.7. The van der Waals surface area contributed by atoms with Crippen molar-refractivity contribution in [3.63, 3.8) is 0 Å². The Balaban J connectivity index is 1.94. The zero-order valence-electron chi connectivity index (χ0n) is 11.3. The first-order valence-electron chi connectivity index (χ1n) is 6.36. The Morgan fingerprint density at radius 2 is 2.21 bits per heavy atom. The third kappa shape index (κ3) is 2.72. The van der Waals surface area contributed by atoms with Crippen LogP contribution >= 0.6 is 0 Å². The van der Waals surface area contributed by atoms with Crippen molar-refractivity contribution in [1.29, 1.82) is 0 Å². The van der Waals surface area contributed by atoms with Crippen LogP contribution in [0, 0.1) is 6.92 Å². The van der Waals surface area contributed by atoms with Gasteiger partial charge in [0.05, 0.1) is 6.04 Å². The highest BCUT2D eigenvalue weighted by Crippen LogP contribution is 2.17. The number of esters is 1. The average molecular weight is 265 g/mol. The number of hydrogen-bond donors (Lipinski definition) is 1. The van der Waals surface area contributed by atoms with E-state index in [9.17, 15) is 9.59 Å². The molecular formula is C13H19N3O3. The minimum absolute atomic E-state index is 0.0946. The first kappa shape index (κ1) is 13.5. The molecule has 1 aliphatic heterocycles. The molecule has 6 heteroatoms. The summed E-state index contributed by atoms with van der Waals surface area (Å²) in [6.07, 6.45) is 1.72. The van der Waals surface area contributed by atoms with Crippen LogP contribution in [0.5, 0.6) is 0 Å². The molecule has 1 aromatic heterocycles. The SMILES string of the molecule is Cc1ccc(C(=O)OC[C@H]2CCCN2C(N)=O)n1C. The molecule has 0 aromatic carbocycles. The number of nitrogens with zero attached hydrogens (tertiary/aromatic N) is 2. The van der Waals surface area contributed by atoms with Crippen LogP contribution in [0.2, 0.25) is 0 Å². The summed E-state index contributed by atoms with van der Waals surface area (Å²) in [6, 6.07) is 3.05. The van der Waals surface area contributed by atoms with E-state index in [1.807, 2.05) is 20.0 Å². The van der Waals surface area contributed by atoms with E-state index < -0.39 is 6.03 Å². The highest BCUT2D eigenvalue weighted by molar-refractivity contribution is 5.88. The van der Waals surface area contributed by atoms with E-state index in [1.165, 1.54) is 0 Å². The number of nitrogens with two attached hydrogens (primary N) is 1. The van der Waals surface area contributed by atoms with E-state index in [0.29, 0.717) is 12.2 Å². The van der Waals surface area contributed by atoms with E-state index in [-0.39, 0.29) is 18.6 Å². The van der Waals surface area contributed by atoms with Crippen molar-refractivity contribution in [3.05, 3.63) is 23.5 Å². The number of urea groups is 1. The normalized spacial score (nSPS) is 18.6. The van der Waals surface area contributed by atoms with Gasteiger partial charge in [-0.15, -0.1) is 0 Å². The molecule has 0 aliphatic carbocycles. The number of aryl methyl sites for hydroxylation is 1. The summed E-state index contributed by atoms with van der Waals surface area (Å²) >= 11 is 0. The fraction of sp³-hybridized carbons (Fsp3) is 0.538. The predicted octanol–water partition coefficient (Wildman–Crippen LogP) is 1.03. The number of rotatable bonds is 3. The molecule has 0 unspecified atom stereocenters. The van der Waals surface area contributed by atoms with E-state index in [2.05, 4.69) is 0 Å². The number of aromatic nitrogens is 1. The van der Waals surface area contributed by atoms with Crippen LogP contribution in [-0.4, -0.2) is 40.7 Å². The fourth-order valence-electron chi connectivity index (χ4n) is 2.36. The summed E-state index contributed by atoms with van der Waals surface area (Å²) in [7, 11) is 1.82. The fourth-order valence-corrected chi connectivity index (χ4v) is 2.36. The number of amides is 2. The lowest BCUT2D eigenvalue weighted by Gasteiger charge is -2.22. The second-order valence-electron chi connectivity index (χ2n) is 4.85. The van der Waals surface area contributed by atoms with Crippen LogP contribution in [0.25, 0.3) is 0 Å². The smallest absolute Gasteiger partial charge is 0.355 e. The maximum atomic E-state index is 11.9. The molecule has 19 heavy (non-hydrogen) atoms. The van der Waals surface area contributed by atoms with Gasteiger partial charge in [-0.3, -0.25) is 0 Å². The van der Waals surface area contributed by atoms with Crippen LogP contribution in [0.1, 0.15) is 29.0 Å². The van der Waals surface area contributed by atoms with Crippen molar-refractivity contribution in [2.24, 2.45) is 12.8 Å². The Bertz CT molecular complexity index is 495. The molecule has 1 saturated heterocycles. The number of ether oxygens (including phenoxy) is 1. The van der Waals surface area contributed by atoms with Crippen LogP contribution in [0.15, 0.2) is 12.1 Å². The van der Waals surface area contributed by atoms with Gasteiger partial charge in [-0.25, -0.2) is 9.59 Å². The summed E-state index contributed by atoms with van der Waals surface area (Å²) in [5.74, 6) is -0.369. The van der Waals surface area contributed by atoms with Gasteiger partial charge in [0.15, 0.2) is 0 Å². The Labute approximate surface area is 112 Å². The monoisotopic (exact) mass is 265 g/mol. The van der Waals surface area contributed by atoms with Crippen LogP contribution in [0.3, 0.4) is 0 Å². The lowest BCUT2D eigenvalue weighted by Crippen LogP contribution is -2.42. The summed E-state index contributed by atoms with van der Waals surface area (Å²) in [6.45, 7) is 2.76. The molecule has 2 N–H and O–H groups in total. The third-order valence-corrected chi connectivity index (χ3v) is 3.65. The van der Waals surface area contributed by atoms with Gasteiger partial charge in [0, 0.05) is 19.3 Å². The van der Waals surface area contributed by atoms with Crippen molar-refractivity contribution in [3.8, 4) is 0 Å². The molecule has 2 rings (SSSR count). The Morgan fingerprint density at radius 1 is 1.47 bits per heavy atom. The molecule has 1 fully saturated rings. The molecule has 2 heterocycles. The number of carbonyl (C=O) groups excluding carboxylic acids is 2. The van der Waals surface area contributed by atoms with E-state index >= 15 is 0 Å². The molecule has 1 aliphatic rings. The first-order valence-corrected chi connectivity index (χ1v) is 6.36. The van der Waals surface area contributed by atoms with Gasteiger partial charge in [-0.2, -0.15) is 0 Å². The number of hydrogen-bond acceptors (Lipinski definition) is 3. The zero-order chi connectivity index (χ0) is 14.0. The van der Waals surface area contributed by atoms with Crippen molar-refractivity contribution < 1.29 is 14.3 Å².